The van der Waals surface area contributed by atoms with Crippen molar-refractivity contribution in [2.24, 2.45) is 0 Å². The Hall–Kier alpha value is -2.41. The molecule has 0 spiro atoms. The maximum atomic E-state index is 12.3. The second-order valence-electron chi connectivity index (χ2n) is 5.00. The molecule has 0 saturated carbocycles. The average Bonchev–Trinajstić information content (AvgIpc) is 3.09. The molecule has 1 aliphatic heterocycles. The largest absolute Gasteiger partial charge is 0.362 e. The van der Waals surface area contributed by atoms with E-state index in [4.69, 9.17) is 0 Å². The maximum Gasteiger partial charge on any atom is 0.292 e. The van der Waals surface area contributed by atoms with Gasteiger partial charge in [0.05, 0.1) is 9.80 Å². The molecular formula is C15H15N3O3S. The number of nitro groups is 1. The number of hydrogen-bond acceptors (Lipinski definition) is 5. The summed E-state index contributed by atoms with van der Waals surface area (Å²) < 4.78 is 0. The molecule has 1 aromatic heterocycles. The lowest BCUT2D eigenvalue weighted by Crippen LogP contribution is -2.48. The summed E-state index contributed by atoms with van der Waals surface area (Å²) in [5.41, 5.74) is 0.733. The van der Waals surface area contributed by atoms with Crippen LogP contribution in [0.4, 0.5) is 11.4 Å². The summed E-state index contributed by atoms with van der Waals surface area (Å²) >= 11 is 1.43. The molecule has 0 unspecified atom stereocenters. The second-order valence-corrected chi connectivity index (χ2v) is 5.95. The number of nitro benzene ring substituents is 1. The van der Waals surface area contributed by atoms with Gasteiger partial charge in [-0.25, -0.2) is 0 Å². The Balaban J connectivity index is 1.70. The highest BCUT2D eigenvalue weighted by atomic mass is 32.1. The van der Waals surface area contributed by atoms with Crippen LogP contribution in [-0.4, -0.2) is 41.9 Å². The first kappa shape index (κ1) is 14.5. The van der Waals surface area contributed by atoms with Crippen molar-refractivity contribution in [3.05, 3.63) is 56.8 Å². The first-order chi connectivity index (χ1) is 10.7. The van der Waals surface area contributed by atoms with E-state index in [1.54, 1.807) is 23.1 Å². The number of rotatable bonds is 3. The molecule has 22 heavy (non-hydrogen) atoms. The fourth-order valence-corrected chi connectivity index (χ4v) is 3.28. The monoisotopic (exact) mass is 317 g/mol. The Morgan fingerprint density at radius 1 is 1.09 bits per heavy atom. The van der Waals surface area contributed by atoms with Crippen LogP contribution in [0, 0.1) is 10.1 Å². The van der Waals surface area contributed by atoms with E-state index < -0.39 is 0 Å². The van der Waals surface area contributed by atoms with Crippen LogP contribution in [-0.2, 0) is 0 Å². The molecule has 0 N–H and O–H groups in total. The van der Waals surface area contributed by atoms with Gasteiger partial charge in [0.25, 0.3) is 11.6 Å². The lowest BCUT2D eigenvalue weighted by Gasteiger charge is -2.35. The van der Waals surface area contributed by atoms with Gasteiger partial charge in [0.15, 0.2) is 0 Å². The Kier molecular flexibility index (Phi) is 4.06. The first-order valence-electron chi connectivity index (χ1n) is 6.98. The molecule has 3 rings (SSSR count). The van der Waals surface area contributed by atoms with Gasteiger partial charge in [-0.05, 0) is 17.5 Å². The van der Waals surface area contributed by atoms with E-state index in [0.717, 1.165) is 4.88 Å². The van der Waals surface area contributed by atoms with E-state index in [-0.39, 0.29) is 16.5 Å². The van der Waals surface area contributed by atoms with Crippen molar-refractivity contribution in [2.75, 3.05) is 31.1 Å². The van der Waals surface area contributed by atoms with Crippen LogP contribution in [0.1, 0.15) is 9.67 Å². The molecule has 1 aromatic carbocycles. The smallest absolute Gasteiger partial charge is 0.292 e. The van der Waals surface area contributed by atoms with Crippen LogP contribution < -0.4 is 4.90 Å². The number of benzene rings is 1. The maximum absolute atomic E-state index is 12.3. The van der Waals surface area contributed by atoms with Crippen LogP contribution in [0.2, 0.25) is 0 Å². The molecule has 1 aliphatic rings. The molecule has 1 fully saturated rings. The highest BCUT2D eigenvalue weighted by Gasteiger charge is 2.26. The fraction of sp³-hybridized carbons (Fsp3) is 0.267. The van der Waals surface area contributed by atoms with Gasteiger partial charge in [0.2, 0.25) is 0 Å². The molecule has 6 nitrogen and oxygen atoms in total. The van der Waals surface area contributed by atoms with E-state index in [1.165, 1.54) is 17.4 Å². The van der Waals surface area contributed by atoms with E-state index in [2.05, 4.69) is 0 Å². The Morgan fingerprint density at radius 3 is 2.45 bits per heavy atom. The van der Waals surface area contributed by atoms with Gasteiger partial charge in [-0.3, -0.25) is 14.9 Å². The van der Waals surface area contributed by atoms with E-state index in [0.29, 0.717) is 31.9 Å². The van der Waals surface area contributed by atoms with Crippen LogP contribution >= 0.6 is 11.3 Å². The molecule has 0 aliphatic carbocycles. The van der Waals surface area contributed by atoms with Gasteiger partial charge in [-0.15, -0.1) is 11.3 Å². The lowest BCUT2D eigenvalue weighted by atomic mass is 10.2. The highest BCUT2D eigenvalue weighted by molar-refractivity contribution is 7.12. The van der Waals surface area contributed by atoms with Gasteiger partial charge < -0.3 is 9.80 Å². The first-order valence-corrected chi connectivity index (χ1v) is 7.86. The van der Waals surface area contributed by atoms with Gasteiger partial charge in [-0.1, -0.05) is 18.2 Å². The predicted octanol–water partition coefficient (Wildman–Crippen LogP) is 2.62. The highest BCUT2D eigenvalue weighted by Crippen LogP contribution is 2.28. The topological polar surface area (TPSA) is 66.7 Å². The Bertz CT molecular complexity index is 679. The molecule has 0 bridgehead atoms. The zero-order chi connectivity index (χ0) is 15.5. The van der Waals surface area contributed by atoms with Gasteiger partial charge in [0, 0.05) is 32.2 Å². The zero-order valence-electron chi connectivity index (χ0n) is 11.8. The Labute approximate surface area is 131 Å². The Morgan fingerprint density at radius 2 is 1.82 bits per heavy atom. The molecule has 2 heterocycles. The molecule has 7 heteroatoms. The SMILES string of the molecule is O=C(c1cccs1)N1CCN(c2ccccc2[N+](=O)[O-])CC1. The minimum absolute atomic E-state index is 0.0391. The van der Waals surface area contributed by atoms with Crippen LogP contribution in [0.3, 0.4) is 0 Å². The number of nitrogens with zero attached hydrogens (tertiary/aromatic N) is 3. The summed E-state index contributed by atoms with van der Waals surface area (Å²) in [4.78, 5) is 27.5. The molecule has 1 saturated heterocycles. The van der Waals surface area contributed by atoms with Gasteiger partial charge in [-0.2, -0.15) is 0 Å². The molecule has 2 aromatic rings. The molecule has 114 valence electrons. The molecule has 1 amide bonds. The molecular weight excluding hydrogens is 302 g/mol. The number of thiophene rings is 1. The summed E-state index contributed by atoms with van der Waals surface area (Å²) in [5, 5.41) is 13.0. The third kappa shape index (κ3) is 2.80. The summed E-state index contributed by atoms with van der Waals surface area (Å²) in [6.45, 7) is 2.34. The minimum Gasteiger partial charge on any atom is -0.362 e. The lowest BCUT2D eigenvalue weighted by molar-refractivity contribution is -0.384. The summed E-state index contributed by atoms with van der Waals surface area (Å²) in [6.07, 6.45) is 0. The second kappa shape index (κ2) is 6.15. The van der Waals surface area contributed by atoms with E-state index in [9.17, 15) is 14.9 Å². The number of piperazine rings is 1. The van der Waals surface area contributed by atoms with Crippen molar-refractivity contribution < 1.29 is 9.72 Å². The van der Waals surface area contributed by atoms with Gasteiger partial charge >= 0.3 is 0 Å². The molecule has 0 atom stereocenters. The van der Waals surface area contributed by atoms with Crippen molar-refractivity contribution in [3.63, 3.8) is 0 Å². The van der Waals surface area contributed by atoms with Crippen LogP contribution in [0.15, 0.2) is 41.8 Å². The van der Waals surface area contributed by atoms with Crippen molar-refractivity contribution in [3.8, 4) is 0 Å². The van der Waals surface area contributed by atoms with Crippen LogP contribution in [0.5, 0.6) is 0 Å². The summed E-state index contributed by atoms with van der Waals surface area (Å²) in [7, 11) is 0. The number of amides is 1. The van der Waals surface area contributed by atoms with Crippen molar-refractivity contribution in [1.82, 2.24) is 4.90 Å². The number of carbonyl (C=O) groups excluding carboxylic acids is 1. The summed E-state index contributed by atoms with van der Waals surface area (Å²) in [5.74, 6) is 0.0391. The predicted molar refractivity (Wildman–Crippen MR) is 85.5 cm³/mol. The fourth-order valence-electron chi connectivity index (χ4n) is 2.59. The van der Waals surface area contributed by atoms with Crippen molar-refractivity contribution >= 4 is 28.6 Å². The third-order valence-electron chi connectivity index (χ3n) is 3.72. The zero-order valence-corrected chi connectivity index (χ0v) is 12.7. The summed E-state index contributed by atoms with van der Waals surface area (Å²) in [6, 6.07) is 10.4. The minimum atomic E-state index is -0.363. The number of anilines is 1. The number of hydrogen-bond donors (Lipinski definition) is 0. The van der Waals surface area contributed by atoms with Crippen LogP contribution in [0.25, 0.3) is 0 Å². The quantitative estimate of drug-likeness (QED) is 0.645. The van der Waals surface area contributed by atoms with Crippen molar-refractivity contribution in [1.29, 1.82) is 0 Å². The average molecular weight is 317 g/mol. The van der Waals surface area contributed by atoms with E-state index in [1.807, 2.05) is 22.4 Å². The standard InChI is InChI=1S/C15H15N3O3S/c19-15(14-6-3-11-22-14)17-9-7-16(8-10-17)12-4-1-2-5-13(12)18(20)21/h1-6,11H,7-10H2. The number of para-hydroxylation sites is 2. The third-order valence-corrected chi connectivity index (χ3v) is 4.58. The normalized spacial score (nSPS) is 14.9. The van der Waals surface area contributed by atoms with E-state index >= 15 is 0 Å². The molecule has 0 radical (unpaired) electrons. The van der Waals surface area contributed by atoms with Crippen molar-refractivity contribution in [2.45, 2.75) is 0 Å². The number of carbonyl (C=O) groups is 1. The van der Waals surface area contributed by atoms with Gasteiger partial charge in [0.1, 0.15) is 5.69 Å².